The maximum atomic E-state index is 6.00. The van der Waals surface area contributed by atoms with Gasteiger partial charge in [-0.2, -0.15) is 4.98 Å². The molecule has 1 fully saturated rings. The van der Waals surface area contributed by atoms with Gasteiger partial charge in [-0.25, -0.2) is 9.97 Å². The van der Waals surface area contributed by atoms with Gasteiger partial charge in [0.1, 0.15) is 0 Å². The second-order valence-electron chi connectivity index (χ2n) is 5.66. The van der Waals surface area contributed by atoms with E-state index >= 15 is 0 Å². The van der Waals surface area contributed by atoms with E-state index in [0.29, 0.717) is 24.1 Å². The van der Waals surface area contributed by atoms with Crippen molar-refractivity contribution in [3.05, 3.63) is 24.4 Å². The highest BCUT2D eigenvalue weighted by Crippen LogP contribution is 2.40. The Morgan fingerprint density at radius 3 is 2.60 bits per heavy atom. The lowest BCUT2D eigenvalue weighted by Gasteiger charge is -2.35. The van der Waals surface area contributed by atoms with Crippen LogP contribution >= 0.6 is 0 Å². The highest BCUT2D eigenvalue weighted by molar-refractivity contribution is 5.40. The first kappa shape index (κ1) is 13.2. The van der Waals surface area contributed by atoms with Gasteiger partial charge in [-0.15, -0.1) is 0 Å². The monoisotopic (exact) mass is 273 g/mol. The average Bonchev–Trinajstić information content (AvgIpc) is 3.00. The summed E-state index contributed by atoms with van der Waals surface area (Å²) < 4.78 is 5.47. The molecule has 106 valence electrons. The average molecular weight is 273 g/mol. The first-order valence-electron chi connectivity index (χ1n) is 7.05. The number of aromatic nitrogens is 4. The Labute approximate surface area is 117 Å². The molecule has 6 heteroatoms. The number of hydrogen-bond donors (Lipinski definition) is 1. The third-order valence-corrected chi connectivity index (χ3v) is 4.27. The minimum absolute atomic E-state index is 0.174. The fraction of sp³-hybridized carbons (Fsp3) is 0.571. The van der Waals surface area contributed by atoms with Crippen LogP contribution in [0, 0.1) is 5.92 Å². The van der Waals surface area contributed by atoms with Crippen molar-refractivity contribution >= 4 is 0 Å². The van der Waals surface area contributed by atoms with Crippen molar-refractivity contribution in [2.45, 2.75) is 38.0 Å². The Balaban J connectivity index is 1.89. The fourth-order valence-electron chi connectivity index (χ4n) is 2.76. The van der Waals surface area contributed by atoms with Gasteiger partial charge in [-0.3, -0.25) is 0 Å². The number of rotatable bonds is 3. The smallest absolute Gasteiger partial charge is 0.240 e. The molecule has 0 saturated heterocycles. The molecule has 6 nitrogen and oxygen atoms in total. The van der Waals surface area contributed by atoms with Crippen molar-refractivity contribution in [3.8, 4) is 11.6 Å². The summed E-state index contributed by atoms with van der Waals surface area (Å²) in [6.07, 6.45) is 7.64. The van der Waals surface area contributed by atoms with E-state index in [1.165, 1.54) is 0 Å². The third kappa shape index (κ3) is 2.31. The lowest BCUT2D eigenvalue weighted by atomic mass is 9.71. The molecule has 3 rings (SSSR count). The van der Waals surface area contributed by atoms with E-state index in [-0.39, 0.29) is 5.41 Å². The molecule has 0 atom stereocenters. The third-order valence-electron chi connectivity index (χ3n) is 4.27. The Bertz CT molecular complexity index is 560. The van der Waals surface area contributed by atoms with Crippen LogP contribution in [0.1, 0.15) is 38.5 Å². The molecule has 2 aromatic rings. The van der Waals surface area contributed by atoms with Crippen molar-refractivity contribution in [2.24, 2.45) is 11.7 Å². The van der Waals surface area contributed by atoms with Crippen molar-refractivity contribution in [3.63, 3.8) is 0 Å². The van der Waals surface area contributed by atoms with Crippen LogP contribution in [0.25, 0.3) is 11.6 Å². The molecule has 20 heavy (non-hydrogen) atoms. The fourth-order valence-corrected chi connectivity index (χ4v) is 2.76. The zero-order valence-electron chi connectivity index (χ0n) is 11.6. The summed E-state index contributed by atoms with van der Waals surface area (Å²) >= 11 is 0. The van der Waals surface area contributed by atoms with E-state index in [1.807, 2.05) is 0 Å². The second-order valence-corrected chi connectivity index (χ2v) is 5.66. The van der Waals surface area contributed by atoms with Crippen molar-refractivity contribution in [2.75, 3.05) is 6.54 Å². The van der Waals surface area contributed by atoms with Crippen molar-refractivity contribution in [1.82, 2.24) is 20.1 Å². The van der Waals surface area contributed by atoms with Gasteiger partial charge in [0.15, 0.2) is 0 Å². The van der Waals surface area contributed by atoms with Crippen molar-refractivity contribution < 1.29 is 4.52 Å². The van der Waals surface area contributed by atoms with Gasteiger partial charge in [0, 0.05) is 18.9 Å². The second kappa shape index (κ2) is 5.28. The van der Waals surface area contributed by atoms with Gasteiger partial charge in [0.25, 0.3) is 0 Å². The lowest BCUT2D eigenvalue weighted by molar-refractivity contribution is 0.191. The van der Waals surface area contributed by atoms with Gasteiger partial charge in [-0.1, -0.05) is 12.1 Å². The quantitative estimate of drug-likeness (QED) is 0.918. The summed E-state index contributed by atoms with van der Waals surface area (Å²) in [6, 6.07) is 1.76. The SMILES string of the molecule is CC1CCC(CN)(c2nc(-c3ncccn3)no2)CC1. The van der Waals surface area contributed by atoms with E-state index in [4.69, 9.17) is 10.3 Å². The van der Waals surface area contributed by atoms with Gasteiger partial charge >= 0.3 is 0 Å². The van der Waals surface area contributed by atoms with Crippen LogP contribution in [0.3, 0.4) is 0 Å². The van der Waals surface area contributed by atoms with Gasteiger partial charge in [0.05, 0.1) is 5.41 Å². The molecular weight excluding hydrogens is 254 g/mol. The normalized spacial score (nSPS) is 26.6. The number of nitrogens with two attached hydrogens (primary N) is 1. The molecule has 0 spiro atoms. The predicted octanol–water partition coefficient (Wildman–Crippen LogP) is 1.93. The largest absolute Gasteiger partial charge is 0.338 e. The minimum Gasteiger partial charge on any atom is -0.338 e. The summed E-state index contributed by atoms with van der Waals surface area (Å²) in [6.45, 7) is 2.81. The molecule has 1 saturated carbocycles. The van der Waals surface area contributed by atoms with Gasteiger partial charge < -0.3 is 10.3 Å². The van der Waals surface area contributed by atoms with Crippen LogP contribution in [-0.4, -0.2) is 26.7 Å². The highest BCUT2D eigenvalue weighted by Gasteiger charge is 2.39. The molecule has 2 aromatic heterocycles. The molecule has 0 amide bonds. The topological polar surface area (TPSA) is 90.7 Å². The van der Waals surface area contributed by atoms with E-state index in [0.717, 1.165) is 31.6 Å². The molecule has 2 heterocycles. The molecule has 1 aliphatic rings. The van der Waals surface area contributed by atoms with Gasteiger partial charge in [0.2, 0.25) is 17.5 Å². The first-order valence-corrected chi connectivity index (χ1v) is 7.05. The Hall–Kier alpha value is -1.82. The number of hydrogen-bond acceptors (Lipinski definition) is 6. The predicted molar refractivity (Wildman–Crippen MR) is 73.7 cm³/mol. The van der Waals surface area contributed by atoms with Crippen LogP contribution in [-0.2, 0) is 5.41 Å². The maximum Gasteiger partial charge on any atom is 0.240 e. The zero-order chi connectivity index (χ0) is 14.0. The maximum absolute atomic E-state index is 6.00. The van der Waals surface area contributed by atoms with Crippen LogP contribution < -0.4 is 5.73 Å². The minimum atomic E-state index is -0.174. The van der Waals surface area contributed by atoms with E-state index < -0.39 is 0 Å². The molecule has 0 aliphatic heterocycles. The van der Waals surface area contributed by atoms with E-state index in [2.05, 4.69) is 27.0 Å². The molecular formula is C14H19N5O. The van der Waals surface area contributed by atoms with Crippen molar-refractivity contribution in [1.29, 1.82) is 0 Å². The number of nitrogens with zero attached hydrogens (tertiary/aromatic N) is 4. The van der Waals surface area contributed by atoms with E-state index in [9.17, 15) is 0 Å². The summed E-state index contributed by atoms with van der Waals surface area (Å²) in [5, 5.41) is 4.01. The summed E-state index contributed by atoms with van der Waals surface area (Å²) in [4.78, 5) is 12.8. The molecule has 0 radical (unpaired) electrons. The van der Waals surface area contributed by atoms with Crippen LogP contribution in [0.2, 0.25) is 0 Å². The summed E-state index contributed by atoms with van der Waals surface area (Å²) in [5.74, 6) is 2.30. The molecule has 2 N–H and O–H groups in total. The Morgan fingerprint density at radius 1 is 1.25 bits per heavy atom. The van der Waals surface area contributed by atoms with Gasteiger partial charge in [-0.05, 0) is 37.7 Å². The zero-order valence-corrected chi connectivity index (χ0v) is 11.6. The molecule has 0 bridgehead atoms. The van der Waals surface area contributed by atoms with Crippen LogP contribution in [0.15, 0.2) is 23.0 Å². The Kier molecular flexibility index (Phi) is 3.48. The van der Waals surface area contributed by atoms with Crippen LogP contribution in [0.4, 0.5) is 0 Å². The Morgan fingerprint density at radius 2 is 1.95 bits per heavy atom. The molecule has 1 aliphatic carbocycles. The standard InChI is InChI=1S/C14H19N5O/c1-10-3-5-14(9-15,6-4-10)13-18-12(19-20-13)11-16-7-2-8-17-11/h2,7-8,10H,3-6,9,15H2,1H3. The molecule has 0 aromatic carbocycles. The highest BCUT2D eigenvalue weighted by atomic mass is 16.5. The van der Waals surface area contributed by atoms with E-state index in [1.54, 1.807) is 18.5 Å². The molecule has 0 unspecified atom stereocenters. The lowest BCUT2D eigenvalue weighted by Crippen LogP contribution is -2.39. The van der Waals surface area contributed by atoms with Crippen LogP contribution in [0.5, 0.6) is 0 Å². The summed E-state index contributed by atoms with van der Waals surface area (Å²) in [7, 11) is 0. The summed E-state index contributed by atoms with van der Waals surface area (Å²) in [5.41, 5.74) is 5.83. The first-order chi connectivity index (χ1) is 9.73.